The number of carbonyl (C=O) groups excluding carboxylic acids is 2. The van der Waals surface area contributed by atoms with E-state index in [0.29, 0.717) is 5.56 Å². The maximum atomic E-state index is 11.6. The SMILES string of the molecule is CCOC(=O)NC(=O)/C(C#N)=C/c1ccccc1. The molecule has 0 bridgehead atoms. The standard InChI is InChI=1S/C13H12N2O3/c1-2-18-13(17)15-12(16)11(9-14)8-10-6-4-3-5-7-10/h3-8H,2H2,1H3,(H,15,16,17)/b11-8+. The largest absolute Gasteiger partial charge is 0.450 e. The summed E-state index contributed by atoms with van der Waals surface area (Å²) < 4.78 is 4.55. The van der Waals surface area contributed by atoms with Gasteiger partial charge in [0.15, 0.2) is 0 Å². The Labute approximate surface area is 105 Å². The zero-order valence-corrected chi connectivity index (χ0v) is 9.84. The van der Waals surface area contributed by atoms with Crippen LogP contribution in [0.1, 0.15) is 12.5 Å². The van der Waals surface area contributed by atoms with Gasteiger partial charge in [0.2, 0.25) is 0 Å². The number of hydrogen-bond donors (Lipinski definition) is 1. The third-order valence-electron chi connectivity index (χ3n) is 1.97. The maximum absolute atomic E-state index is 11.6. The summed E-state index contributed by atoms with van der Waals surface area (Å²) in [6.45, 7) is 1.78. The zero-order valence-electron chi connectivity index (χ0n) is 9.84. The molecular formula is C13H12N2O3. The van der Waals surface area contributed by atoms with Gasteiger partial charge in [0.25, 0.3) is 5.91 Å². The molecule has 0 saturated carbocycles. The molecule has 0 unspecified atom stereocenters. The second-order valence-electron chi connectivity index (χ2n) is 3.26. The van der Waals surface area contributed by atoms with Gasteiger partial charge in [-0.3, -0.25) is 10.1 Å². The van der Waals surface area contributed by atoms with Crippen molar-refractivity contribution >= 4 is 18.1 Å². The molecule has 1 N–H and O–H groups in total. The molecule has 0 spiro atoms. The molecule has 1 aromatic carbocycles. The van der Waals surface area contributed by atoms with E-state index in [-0.39, 0.29) is 12.2 Å². The summed E-state index contributed by atoms with van der Waals surface area (Å²) >= 11 is 0. The Kier molecular flexibility index (Phi) is 5.13. The molecule has 2 amide bonds. The van der Waals surface area contributed by atoms with Gasteiger partial charge in [-0.05, 0) is 18.6 Å². The summed E-state index contributed by atoms with van der Waals surface area (Å²) in [6.07, 6.45) is 0.533. The fourth-order valence-corrected chi connectivity index (χ4v) is 1.19. The first-order valence-electron chi connectivity index (χ1n) is 5.32. The molecule has 0 aromatic heterocycles. The minimum atomic E-state index is -0.864. The summed E-state index contributed by atoms with van der Waals surface area (Å²) in [5.74, 6) is -0.778. The molecule has 0 heterocycles. The Morgan fingerprint density at radius 3 is 2.61 bits per heavy atom. The van der Waals surface area contributed by atoms with Crippen LogP contribution in [0.2, 0.25) is 0 Å². The van der Waals surface area contributed by atoms with Crippen molar-refractivity contribution in [1.82, 2.24) is 5.32 Å². The van der Waals surface area contributed by atoms with Gasteiger partial charge >= 0.3 is 6.09 Å². The number of amides is 2. The first-order valence-corrected chi connectivity index (χ1v) is 5.32. The van der Waals surface area contributed by atoms with Crippen molar-refractivity contribution in [2.75, 3.05) is 6.61 Å². The smallest absolute Gasteiger partial charge is 0.414 e. The van der Waals surface area contributed by atoms with E-state index in [1.807, 2.05) is 11.4 Å². The molecule has 92 valence electrons. The first kappa shape index (κ1) is 13.5. The number of carbonyl (C=O) groups is 2. The number of rotatable bonds is 3. The quantitative estimate of drug-likeness (QED) is 0.650. The van der Waals surface area contributed by atoms with Gasteiger partial charge in [0.1, 0.15) is 11.6 Å². The summed E-state index contributed by atoms with van der Waals surface area (Å²) in [6, 6.07) is 10.6. The van der Waals surface area contributed by atoms with Crippen LogP contribution in [0.15, 0.2) is 35.9 Å². The number of hydrogen-bond acceptors (Lipinski definition) is 4. The fraction of sp³-hybridized carbons (Fsp3) is 0.154. The van der Waals surface area contributed by atoms with Crippen LogP contribution in [0.5, 0.6) is 0 Å². The molecule has 0 aliphatic rings. The molecule has 0 radical (unpaired) electrons. The lowest BCUT2D eigenvalue weighted by molar-refractivity contribution is -0.116. The number of alkyl carbamates (subject to hydrolysis) is 1. The molecule has 5 nitrogen and oxygen atoms in total. The number of nitriles is 1. The lowest BCUT2D eigenvalue weighted by Crippen LogP contribution is -2.31. The van der Waals surface area contributed by atoms with Gasteiger partial charge < -0.3 is 4.74 Å². The fourth-order valence-electron chi connectivity index (χ4n) is 1.19. The molecule has 5 heteroatoms. The molecular weight excluding hydrogens is 232 g/mol. The molecule has 0 aliphatic heterocycles. The van der Waals surface area contributed by atoms with Gasteiger partial charge in [-0.2, -0.15) is 5.26 Å². The summed E-state index contributed by atoms with van der Waals surface area (Å²) in [7, 11) is 0. The Bertz CT molecular complexity index is 501. The Morgan fingerprint density at radius 1 is 1.39 bits per heavy atom. The van der Waals surface area contributed by atoms with E-state index in [0.717, 1.165) is 0 Å². The maximum Gasteiger partial charge on any atom is 0.414 e. The van der Waals surface area contributed by atoms with Crippen molar-refractivity contribution in [3.05, 3.63) is 41.5 Å². The van der Waals surface area contributed by atoms with Crippen molar-refractivity contribution in [2.24, 2.45) is 0 Å². The highest BCUT2D eigenvalue weighted by molar-refractivity contribution is 6.07. The van der Waals surface area contributed by atoms with Crippen molar-refractivity contribution in [2.45, 2.75) is 6.92 Å². The third kappa shape index (κ3) is 4.10. The van der Waals surface area contributed by atoms with E-state index >= 15 is 0 Å². The van der Waals surface area contributed by atoms with Gasteiger partial charge in [-0.15, -0.1) is 0 Å². The average molecular weight is 244 g/mol. The van der Waals surface area contributed by atoms with Crippen molar-refractivity contribution in [1.29, 1.82) is 5.26 Å². The molecule has 0 fully saturated rings. The molecule has 0 atom stereocenters. The normalized spacial score (nSPS) is 10.3. The van der Waals surface area contributed by atoms with Crippen molar-refractivity contribution in [3.63, 3.8) is 0 Å². The number of nitrogens with one attached hydrogen (secondary N) is 1. The second-order valence-corrected chi connectivity index (χ2v) is 3.26. The number of benzene rings is 1. The number of imide groups is 1. The molecule has 0 aliphatic carbocycles. The van der Waals surface area contributed by atoms with E-state index in [2.05, 4.69) is 4.74 Å². The number of ether oxygens (including phenoxy) is 1. The van der Waals surface area contributed by atoms with E-state index in [4.69, 9.17) is 5.26 Å². The third-order valence-corrected chi connectivity index (χ3v) is 1.97. The summed E-state index contributed by atoms with van der Waals surface area (Å²) in [5, 5.41) is 10.8. The summed E-state index contributed by atoms with van der Waals surface area (Å²) in [5.41, 5.74) is 0.544. The van der Waals surface area contributed by atoms with Crippen LogP contribution in [0, 0.1) is 11.3 Å². The van der Waals surface area contributed by atoms with Crippen LogP contribution >= 0.6 is 0 Å². The highest BCUT2D eigenvalue weighted by Gasteiger charge is 2.13. The monoisotopic (exact) mass is 244 g/mol. The van der Waals surface area contributed by atoms with Crippen molar-refractivity contribution in [3.8, 4) is 6.07 Å². The first-order chi connectivity index (χ1) is 8.67. The molecule has 1 rings (SSSR count). The van der Waals surface area contributed by atoms with Gasteiger partial charge in [-0.1, -0.05) is 30.3 Å². The highest BCUT2D eigenvalue weighted by Crippen LogP contribution is 2.06. The lowest BCUT2D eigenvalue weighted by Gasteiger charge is -2.02. The van der Waals surface area contributed by atoms with Crippen LogP contribution in [0.25, 0.3) is 6.08 Å². The predicted molar refractivity (Wildman–Crippen MR) is 65.2 cm³/mol. The Balaban J connectivity index is 2.79. The highest BCUT2D eigenvalue weighted by atomic mass is 16.5. The van der Waals surface area contributed by atoms with Crippen LogP contribution in [-0.4, -0.2) is 18.6 Å². The van der Waals surface area contributed by atoms with Crippen LogP contribution in [-0.2, 0) is 9.53 Å². The zero-order chi connectivity index (χ0) is 13.4. The summed E-state index contributed by atoms with van der Waals surface area (Å²) in [4.78, 5) is 22.6. The van der Waals surface area contributed by atoms with Gasteiger partial charge in [0.05, 0.1) is 6.61 Å². The Morgan fingerprint density at radius 2 is 2.06 bits per heavy atom. The molecule has 1 aromatic rings. The molecule has 0 saturated heterocycles. The molecule has 18 heavy (non-hydrogen) atoms. The Hall–Kier alpha value is -2.61. The van der Waals surface area contributed by atoms with Gasteiger partial charge in [0, 0.05) is 0 Å². The van der Waals surface area contributed by atoms with Crippen LogP contribution < -0.4 is 5.32 Å². The topological polar surface area (TPSA) is 79.2 Å². The van der Waals surface area contributed by atoms with Crippen LogP contribution in [0.3, 0.4) is 0 Å². The minimum Gasteiger partial charge on any atom is -0.450 e. The van der Waals surface area contributed by atoms with Crippen molar-refractivity contribution < 1.29 is 14.3 Å². The van der Waals surface area contributed by atoms with E-state index in [1.54, 1.807) is 37.3 Å². The van der Waals surface area contributed by atoms with E-state index in [1.165, 1.54) is 6.08 Å². The predicted octanol–water partition coefficient (Wildman–Crippen LogP) is 1.87. The average Bonchev–Trinajstić information content (AvgIpc) is 2.37. The van der Waals surface area contributed by atoms with E-state index in [9.17, 15) is 9.59 Å². The second kappa shape index (κ2) is 6.86. The van der Waals surface area contributed by atoms with Gasteiger partial charge in [-0.25, -0.2) is 4.79 Å². The minimum absolute atomic E-state index is 0.156. The van der Waals surface area contributed by atoms with Crippen LogP contribution in [0.4, 0.5) is 4.79 Å². The lowest BCUT2D eigenvalue weighted by atomic mass is 10.1. The van der Waals surface area contributed by atoms with E-state index < -0.39 is 12.0 Å². The number of nitrogens with zero attached hydrogens (tertiary/aromatic N) is 1.